The van der Waals surface area contributed by atoms with Crippen LogP contribution in [0.15, 0.2) is 10.7 Å². The minimum atomic E-state index is 0.0136. The molecule has 16 heavy (non-hydrogen) atoms. The number of thioether (sulfide) groups is 1. The van der Waals surface area contributed by atoms with Crippen LogP contribution in [0.25, 0.3) is 0 Å². The van der Waals surface area contributed by atoms with Crippen molar-refractivity contribution in [3.05, 3.63) is 16.4 Å². The summed E-state index contributed by atoms with van der Waals surface area (Å²) in [6.45, 7) is 1.11. The van der Waals surface area contributed by atoms with Crippen molar-refractivity contribution in [1.82, 2.24) is 14.7 Å². The topological polar surface area (TPSA) is 47.1 Å². The predicted octanol–water partition coefficient (Wildman–Crippen LogP) is 1.23. The van der Waals surface area contributed by atoms with Crippen molar-refractivity contribution in [3.63, 3.8) is 0 Å². The molecule has 4 nitrogen and oxygen atoms in total. The minimum absolute atomic E-state index is 0.0136. The lowest BCUT2D eigenvalue weighted by Crippen LogP contribution is -2.46. The number of aromatic nitrogens is 2. The van der Waals surface area contributed by atoms with E-state index in [1.807, 2.05) is 29.7 Å². The molecule has 0 radical (unpaired) electrons. The van der Waals surface area contributed by atoms with E-state index in [9.17, 15) is 0 Å². The molecule has 1 fully saturated rings. The van der Waals surface area contributed by atoms with Gasteiger partial charge in [0.2, 0.25) is 0 Å². The molecule has 0 saturated carbocycles. The van der Waals surface area contributed by atoms with Gasteiger partial charge >= 0.3 is 0 Å². The van der Waals surface area contributed by atoms with E-state index in [0.29, 0.717) is 6.04 Å². The maximum atomic E-state index is 6.36. The van der Waals surface area contributed by atoms with Crippen LogP contribution in [0, 0.1) is 0 Å². The lowest BCUT2D eigenvalue weighted by atomic mass is 10.1. The number of aryl methyl sites for hydroxylation is 1. The van der Waals surface area contributed by atoms with E-state index in [4.69, 9.17) is 5.73 Å². The highest BCUT2D eigenvalue weighted by molar-refractivity contribution is 9.10. The van der Waals surface area contributed by atoms with Gasteiger partial charge < -0.3 is 5.73 Å². The average molecular weight is 305 g/mol. The molecule has 0 bridgehead atoms. The summed E-state index contributed by atoms with van der Waals surface area (Å²) in [6, 6.07) is 0.408. The number of hydrogen-bond acceptors (Lipinski definition) is 4. The third-order valence-corrected chi connectivity index (χ3v) is 4.77. The van der Waals surface area contributed by atoms with Gasteiger partial charge in [-0.25, -0.2) is 0 Å². The Morgan fingerprint density at radius 2 is 2.38 bits per heavy atom. The van der Waals surface area contributed by atoms with E-state index in [2.05, 4.69) is 33.0 Å². The maximum absolute atomic E-state index is 6.36. The molecule has 0 spiro atoms. The van der Waals surface area contributed by atoms with E-state index in [-0.39, 0.29) is 6.04 Å². The van der Waals surface area contributed by atoms with Crippen LogP contribution in [0.2, 0.25) is 0 Å². The molecule has 0 amide bonds. The van der Waals surface area contributed by atoms with Crippen molar-refractivity contribution in [3.8, 4) is 0 Å². The molecule has 2 rings (SSSR count). The Morgan fingerprint density at radius 3 is 2.94 bits per heavy atom. The Balaban J connectivity index is 2.20. The first-order valence-corrected chi connectivity index (χ1v) is 7.27. The zero-order valence-corrected chi connectivity index (χ0v) is 12.0. The van der Waals surface area contributed by atoms with Gasteiger partial charge in [0.1, 0.15) is 0 Å². The van der Waals surface area contributed by atoms with Gasteiger partial charge in [-0.15, -0.1) is 0 Å². The lowest BCUT2D eigenvalue weighted by molar-refractivity contribution is 0.232. The van der Waals surface area contributed by atoms with Crippen molar-refractivity contribution >= 4 is 27.7 Å². The van der Waals surface area contributed by atoms with Gasteiger partial charge in [0.15, 0.2) is 0 Å². The molecule has 1 aliphatic rings. The van der Waals surface area contributed by atoms with E-state index < -0.39 is 0 Å². The molecule has 0 aliphatic carbocycles. The quantitative estimate of drug-likeness (QED) is 0.893. The molecule has 1 aromatic rings. The molecular weight excluding hydrogens is 288 g/mol. The zero-order chi connectivity index (χ0) is 11.7. The third-order valence-electron chi connectivity index (χ3n) is 3.11. The summed E-state index contributed by atoms with van der Waals surface area (Å²) in [5.41, 5.74) is 7.44. The summed E-state index contributed by atoms with van der Waals surface area (Å²) in [6.07, 6.45) is 1.81. The SMILES string of the molecule is CN1CCSCC1C(N)c1c(Br)cnn1C. The standard InChI is InChI=1S/C10H17BrN4S/c1-14-3-4-16-6-8(14)9(12)10-7(11)5-13-15(10)2/h5,8-9H,3-4,6,12H2,1-2H3. The second-order valence-electron chi connectivity index (χ2n) is 4.15. The zero-order valence-electron chi connectivity index (χ0n) is 9.56. The van der Waals surface area contributed by atoms with Crippen LogP contribution < -0.4 is 5.73 Å². The molecule has 2 unspecified atom stereocenters. The van der Waals surface area contributed by atoms with Crippen LogP contribution in [0.4, 0.5) is 0 Å². The van der Waals surface area contributed by atoms with Crippen LogP contribution in [0.5, 0.6) is 0 Å². The van der Waals surface area contributed by atoms with Gasteiger partial charge in [0.05, 0.1) is 22.4 Å². The number of nitrogens with two attached hydrogens (primary N) is 1. The largest absolute Gasteiger partial charge is 0.321 e. The van der Waals surface area contributed by atoms with Crippen molar-refractivity contribution in [2.24, 2.45) is 12.8 Å². The molecule has 0 aromatic carbocycles. The van der Waals surface area contributed by atoms with E-state index in [1.165, 1.54) is 5.75 Å². The second-order valence-corrected chi connectivity index (χ2v) is 6.15. The van der Waals surface area contributed by atoms with Crippen LogP contribution in [-0.4, -0.2) is 45.8 Å². The number of rotatable bonds is 2. The molecule has 1 aliphatic heterocycles. The first-order valence-electron chi connectivity index (χ1n) is 5.32. The molecule has 2 N–H and O–H groups in total. The lowest BCUT2D eigenvalue weighted by Gasteiger charge is -2.36. The van der Waals surface area contributed by atoms with Gasteiger partial charge in [0.25, 0.3) is 0 Å². The summed E-state index contributed by atoms with van der Waals surface area (Å²) in [5.74, 6) is 2.29. The van der Waals surface area contributed by atoms with Crippen LogP contribution in [0.3, 0.4) is 0 Å². The summed E-state index contributed by atoms with van der Waals surface area (Å²) >= 11 is 5.49. The summed E-state index contributed by atoms with van der Waals surface area (Å²) in [4.78, 5) is 2.35. The highest BCUT2D eigenvalue weighted by atomic mass is 79.9. The van der Waals surface area contributed by atoms with E-state index in [0.717, 1.165) is 22.5 Å². The number of hydrogen-bond donors (Lipinski definition) is 1. The average Bonchev–Trinajstić information content (AvgIpc) is 2.58. The Morgan fingerprint density at radius 1 is 1.62 bits per heavy atom. The van der Waals surface area contributed by atoms with Crippen LogP contribution >= 0.6 is 27.7 Å². The molecular formula is C10H17BrN4S. The monoisotopic (exact) mass is 304 g/mol. The Hall–Kier alpha value is -0.0400. The second kappa shape index (κ2) is 5.08. The number of likely N-dealkylation sites (N-methyl/N-ethyl adjacent to an activating group) is 1. The third kappa shape index (κ3) is 2.30. The first kappa shape index (κ1) is 12.4. The highest BCUT2D eigenvalue weighted by Crippen LogP contribution is 2.28. The summed E-state index contributed by atoms with van der Waals surface area (Å²) in [5, 5.41) is 4.22. The molecule has 2 atom stereocenters. The smallest absolute Gasteiger partial charge is 0.0706 e. The van der Waals surface area contributed by atoms with Crippen molar-refractivity contribution < 1.29 is 0 Å². The Kier molecular flexibility index (Phi) is 3.94. The molecule has 6 heteroatoms. The van der Waals surface area contributed by atoms with Gasteiger partial charge in [0, 0.05) is 31.1 Å². The molecule has 90 valence electrons. The van der Waals surface area contributed by atoms with Crippen LogP contribution in [0.1, 0.15) is 11.7 Å². The maximum Gasteiger partial charge on any atom is 0.0706 e. The highest BCUT2D eigenvalue weighted by Gasteiger charge is 2.29. The van der Waals surface area contributed by atoms with E-state index >= 15 is 0 Å². The van der Waals surface area contributed by atoms with Gasteiger partial charge in [-0.3, -0.25) is 9.58 Å². The predicted molar refractivity (Wildman–Crippen MR) is 71.6 cm³/mol. The van der Waals surface area contributed by atoms with E-state index in [1.54, 1.807) is 0 Å². The first-order chi connectivity index (χ1) is 7.61. The van der Waals surface area contributed by atoms with Crippen molar-refractivity contribution in [2.75, 3.05) is 25.1 Å². The molecule has 1 saturated heterocycles. The summed E-state index contributed by atoms with van der Waals surface area (Å²) in [7, 11) is 4.09. The Bertz CT molecular complexity index is 348. The van der Waals surface area contributed by atoms with Crippen molar-refractivity contribution in [2.45, 2.75) is 12.1 Å². The summed E-state index contributed by atoms with van der Waals surface area (Å²) < 4.78 is 2.87. The number of halogens is 1. The molecule has 1 aromatic heterocycles. The Labute approximate surface area is 109 Å². The van der Waals surface area contributed by atoms with Crippen molar-refractivity contribution in [1.29, 1.82) is 0 Å². The van der Waals surface area contributed by atoms with Gasteiger partial charge in [-0.2, -0.15) is 16.9 Å². The fraction of sp³-hybridized carbons (Fsp3) is 0.700. The normalized spacial score (nSPS) is 24.6. The van der Waals surface area contributed by atoms with Crippen LogP contribution in [-0.2, 0) is 7.05 Å². The van der Waals surface area contributed by atoms with Gasteiger partial charge in [-0.1, -0.05) is 0 Å². The minimum Gasteiger partial charge on any atom is -0.321 e. The number of nitrogens with zero attached hydrogens (tertiary/aromatic N) is 3. The van der Waals surface area contributed by atoms with Gasteiger partial charge in [-0.05, 0) is 23.0 Å². The fourth-order valence-electron chi connectivity index (χ4n) is 2.06. The molecule has 2 heterocycles. The fourth-order valence-corrected chi connectivity index (χ4v) is 3.96.